The first-order valence-electron chi connectivity index (χ1n) is 12.5. The van der Waals surface area contributed by atoms with Gasteiger partial charge < -0.3 is 10.6 Å². The fraction of sp³-hybridized carbons (Fsp3) is 0.500. The van der Waals surface area contributed by atoms with Crippen molar-refractivity contribution >= 4 is 11.8 Å². The molecule has 5 rings (SSSR count). The topological polar surface area (TPSA) is 58.2 Å². The smallest absolute Gasteiger partial charge is 0.223 e. The maximum atomic E-state index is 13.0. The third kappa shape index (κ3) is 4.46. The number of carbonyl (C=O) groups is 2. The van der Waals surface area contributed by atoms with E-state index in [0.717, 1.165) is 64.2 Å². The van der Waals surface area contributed by atoms with Gasteiger partial charge in [-0.25, -0.2) is 0 Å². The average molecular weight is 431 g/mol. The Morgan fingerprint density at radius 1 is 0.594 bits per heavy atom. The van der Waals surface area contributed by atoms with Crippen LogP contribution in [0.25, 0.3) is 0 Å². The quantitative estimate of drug-likeness (QED) is 0.702. The summed E-state index contributed by atoms with van der Waals surface area (Å²) in [5, 5.41) is 6.65. The highest BCUT2D eigenvalue weighted by Gasteiger charge is 2.33. The predicted molar refractivity (Wildman–Crippen MR) is 126 cm³/mol. The largest absolute Gasteiger partial charge is 0.349 e. The monoisotopic (exact) mass is 430 g/mol. The Labute approximate surface area is 191 Å². The molecule has 3 aliphatic rings. The van der Waals surface area contributed by atoms with E-state index in [2.05, 4.69) is 59.2 Å². The number of rotatable bonds is 4. The van der Waals surface area contributed by atoms with Gasteiger partial charge in [-0.3, -0.25) is 9.59 Å². The molecule has 32 heavy (non-hydrogen) atoms. The SMILES string of the molecule is O=C(N[C@H]1CCCc2ccccc21)C1CCC(C(=O)N[C@H]2CCCc3ccccc32)CC1. The minimum absolute atomic E-state index is 0.0311. The Kier molecular flexibility index (Phi) is 6.29. The summed E-state index contributed by atoms with van der Waals surface area (Å²) in [4.78, 5) is 26.0. The van der Waals surface area contributed by atoms with Gasteiger partial charge in [-0.2, -0.15) is 0 Å². The molecule has 168 valence electrons. The molecule has 2 atom stereocenters. The van der Waals surface area contributed by atoms with Gasteiger partial charge in [0.1, 0.15) is 0 Å². The molecule has 3 aliphatic carbocycles. The van der Waals surface area contributed by atoms with E-state index in [1.165, 1.54) is 22.3 Å². The van der Waals surface area contributed by atoms with Crippen LogP contribution in [0.3, 0.4) is 0 Å². The van der Waals surface area contributed by atoms with Crippen LogP contribution in [0.2, 0.25) is 0 Å². The van der Waals surface area contributed by atoms with Crippen molar-refractivity contribution in [2.75, 3.05) is 0 Å². The Morgan fingerprint density at radius 2 is 1.00 bits per heavy atom. The Hall–Kier alpha value is -2.62. The van der Waals surface area contributed by atoms with Crippen molar-refractivity contribution in [3.05, 3.63) is 70.8 Å². The molecule has 0 aromatic heterocycles. The van der Waals surface area contributed by atoms with E-state index in [0.29, 0.717) is 0 Å². The third-order valence-electron chi connectivity index (χ3n) is 7.84. The number of nitrogens with one attached hydrogen (secondary N) is 2. The lowest BCUT2D eigenvalue weighted by molar-refractivity contribution is -0.131. The van der Waals surface area contributed by atoms with Gasteiger partial charge in [0.2, 0.25) is 11.8 Å². The second-order valence-corrected chi connectivity index (χ2v) is 9.85. The number of amides is 2. The van der Waals surface area contributed by atoms with Gasteiger partial charge in [-0.05, 0) is 86.5 Å². The number of hydrogen-bond acceptors (Lipinski definition) is 2. The summed E-state index contributed by atoms with van der Waals surface area (Å²) < 4.78 is 0. The van der Waals surface area contributed by atoms with E-state index < -0.39 is 0 Å². The number of fused-ring (bicyclic) bond motifs is 2. The third-order valence-corrected chi connectivity index (χ3v) is 7.84. The molecular formula is C28H34N2O2. The van der Waals surface area contributed by atoms with E-state index in [4.69, 9.17) is 0 Å². The van der Waals surface area contributed by atoms with E-state index in [1.54, 1.807) is 0 Å². The summed E-state index contributed by atoms with van der Waals surface area (Å²) in [5.74, 6) is 0.408. The van der Waals surface area contributed by atoms with Crippen molar-refractivity contribution in [3.8, 4) is 0 Å². The van der Waals surface area contributed by atoms with E-state index in [1.807, 2.05) is 0 Å². The molecule has 2 amide bonds. The molecule has 0 spiro atoms. The zero-order valence-electron chi connectivity index (χ0n) is 18.8. The summed E-state index contributed by atoms with van der Waals surface area (Å²) >= 11 is 0. The minimum Gasteiger partial charge on any atom is -0.349 e. The normalized spacial score (nSPS) is 27.0. The maximum Gasteiger partial charge on any atom is 0.223 e. The summed E-state index contributed by atoms with van der Waals surface area (Å²) in [6.07, 6.45) is 9.71. The van der Waals surface area contributed by atoms with Crippen LogP contribution >= 0.6 is 0 Å². The van der Waals surface area contributed by atoms with Gasteiger partial charge in [-0.1, -0.05) is 48.5 Å². The minimum atomic E-state index is 0.0311. The molecule has 0 bridgehead atoms. The highest BCUT2D eigenvalue weighted by molar-refractivity contribution is 5.81. The van der Waals surface area contributed by atoms with Gasteiger partial charge >= 0.3 is 0 Å². The number of carbonyl (C=O) groups excluding carboxylic acids is 2. The van der Waals surface area contributed by atoms with Crippen molar-refractivity contribution in [3.63, 3.8) is 0 Å². The van der Waals surface area contributed by atoms with Gasteiger partial charge in [0.15, 0.2) is 0 Å². The maximum absolute atomic E-state index is 13.0. The second-order valence-electron chi connectivity index (χ2n) is 9.85. The van der Waals surface area contributed by atoms with Crippen LogP contribution in [0.15, 0.2) is 48.5 Å². The van der Waals surface area contributed by atoms with Gasteiger partial charge in [0, 0.05) is 11.8 Å². The fourth-order valence-electron chi connectivity index (χ4n) is 6.00. The first-order valence-corrected chi connectivity index (χ1v) is 12.5. The van der Waals surface area contributed by atoms with Crippen LogP contribution in [0.4, 0.5) is 0 Å². The zero-order valence-corrected chi connectivity index (χ0v) is 18.8. The lowest BCUT2D eigenvalue weighted by Crippen LogP contribution is -2.40. The van der Waals surface area contributed by atoms with Crippen molar-refractivity contribution in [2.24, 2.45) is 11.8 Å². The molecule has 4 nitrogen and oxygen atoms in total. The molecule has 0 unspecified atom stereocenters. The Morgan fingerprint density at radius 3 is 1.44 bits per heavy atom. The van der Waals surface area contributed by atoms with Crippen LogP contribution in [-0.2, 0) is 22.4 Å². The summed E-state index contributed by atoms with van der Waals surface area (Å²) in [7, 11) is 0. The van der Waals surface area contributed by atoms with Crippen LogP contribution in [0, 0.1) is 11.8 Å². The van der Waals surface area contributed by atoms with Crippen LogP contribution < -0.4 is 10.6 Å². The highest BCUT2D eigenvalue weighted by atomic mass is 16.2. The predicted octanol–water partition coefficient (Wildman–Crippen LogP) is 5.18. The summed E-state index contributed by atoms with van der Waals surface area (Å²) in [6.45, 7) is 0. The van der Waals surface area contributed by atoms with Gasteiger partial charge in [-0.15, -0.1) is 0 Å². The Balaban J connectivity index is 1.14. The van der Waals surface area contributed by atoms with Crippen LogP contribution in [0.5, 0.6) is 0 Å². The van der Waals surface area contributed by atoms with Crippen molar-refractivity contribution in [1.29, 1.82) is 0 Å². The molecule has 2 aromatic carbocycles. The molecule has 1 saturated carbocycles. The van der Waals surface area contributed by atoms with Crippen LogP contribution in [0.1, 0.15) is 85.7 Å². The number of hydrogen-bond donors (Lipinski definition) is 2. The first kappa shape index (κ1) is 21.2. The molecule has 0 aliphatic heterocycles. The van der Waals surface area contributed by atoms with E-state index >= 15 is 0 Å². The summed E-state index contributed by atoms with van der Waals surface area (Å²) in [6, 6.07) is 17.3. The average Bonchev–Trinajstić information content (AvgIpc) is 2.84. The zero-order chi connectivity index (χ0) is 21.9. The lowest BCUT2D eigenvalue weighted by atomic mass is 9.80. The molecular weight excluding hydrogens is 396 g/mol. The highest BCUT2D eigenvalue weighted by Crippen LogP contribution is 2.34. The van der Waals surface area contributed by atoms with Crippen LogP contribution in [-0.4, -0.2) is 11.8 Å². The standard InChI is InChI=1S/C28H34N2O2/c31-27(29-25-13-5-9-19-7-1-3-11-23(19)25)21-15-17-22(18-16-21)28(32)30-26-14-6-10-20-8-2-4-12-24(20)26/h1-4,7-8,11-12,21-22,25-26H,5-6,9-10,13-18H2,(H,29,31)(H,30,32)/t21?,22?,25-,26-/m0/s1. The molecule has 2 aromatic rings. The second kappa shape index (κ2) is 9.48. The number of aryl methyl sites for hydroxylation is 2. The fourth-order valence-corrected chi connectivity index (χ4v) is 6.00. The van der Waals surface area contributed by atoms with Crippen molar-refractivity contribution in [1.82, 2.24) is 10.6 Å². The number of benzene rings is 2. The Bertz CT molecular complexity index is 897. The van der Waals surface area contributed by atoms with Crippen molar-refractivity contribution < 1.29 is 9.59 Å². The molecule has 4 heteroatoms. The van der Waals surface area contributed by atoms with Gasteiger partial charge in [0.05, 0.1) is 12.1 Å². The summed E-state index contributed by atoms with van der Waals surface area (Å²) in [5.41, 5.74) is 5.31. The molecule has 0 radical (unpaired) electrons. The van der Waals surface area contributed by atoms with E-state index in [-0.39, 0.29) is 35.7 Å². The molecule has 0 heterocycles. The van der Waals surface area contributed by atoms with E-state index in [9.17, 15) is 9.59 Å². The van der Waals surface area contributed by atoms with Gasteiger partial charge in [0.25, 0.3) is 0 Å². The van der Waals surface area contributed by atoms with Crippen molar-refractivity contribution in [2.45, 2.75) is 76.3 Å². The molecule has 0 saturated heterocycles. The molecule has 1 fully saturated rings. The lowest BCUT2D eigenvalue weighted by Gasteiger charge is -2.32. The first-order chi connectivity index (χ1) is 15.7. The molecule has 2 N–H and O–H groups in total.